The van der Waals surface area contributed by atoms with E-state index in [4.69, 9.17) is 42.7 Å². The number of amides is 3. The predicted octanol–water partition coefficient (Wildman–Crippen LogP) is 0.704. The number of ether oxygens (including phenoxy) is 8. The van der Waals surface area contributed by atoms with Gasteiger partial charge in [0.05, 0.1) is 111 Å². The predicted molar refractivity (Wildman–Crippen MR) is 176 cm³/mol. The summed E-state index contributed by atoms with van der Waals surface area (Å²) in [7, 11) is -3.57. The third-order valence-electron chi connectivity index (χ3n) is 6.29. The zero-order valence-electron chi connectivity index (χ0n) is 28.7. The van der Waals surface area contributed by atoms with Gasteiger partial charge in [0.1, 0.15) is 0 Å². The summed E-state index contributed by atoms with van der Waals surface area (Å²) in [4.78, 5) is 54.9. The minimum Gasteiger partial charge on any atom is -0.379 e. The van der Waals surface area contributed by atoms with Crippen LogP contribution in [0.15, 0.2) is 5.03 Å². The van der Waals surface area contributed by atoms with Gasteiger partial charge in [0.15, 0.2) is 20.0 Å². The molecule has 1 aliphatic heterocycles. The van der Waals surface area contributed by atoms with Crippen LogP contribution in [0.3, 0.4) is 0 Å². The molecule has 1 aromatic heterocycles. The number of aromatic nitrogens is 1. The van der Waals surface area contributed by atoms with E-state index < -0.39 is 27.6 Å². The van der Waals surface area contributed by atoms with Gasteiger partial charge in [-0.2, -0.15) is 0 Å². The van der Waals surface area contributed by atoms with Gasteiger partial charge in [-0.15, -0.1) is 16.4 Å². The molecule has 2 rings (SSSR count). The van der Waals surface area contributed by atoms with E-state index in [1.165, 1.54) is 6.92 Å². The molecule has 0 atom stereocenters. The van der Waals surface area contributed by atoms with Crippen LogP contribution in [0.4, 0.5) is 5.13 Å². The van der Waals surface area contributed by atoms with Gasteiger partial charge in [0.2, 0.25) is 5.91 Å². The summed E-state index contributed by atoms with van der Waals surface area (Å²) >= 11 is 1.12. The topological polar surface area (TPSA) is 214 Å². The fourth-order valence-electron chi connectivity index (χ4n) is 3.92. The summed E-state index contributed by atoms with van der Waals surface area (Å²) < 4.78 is 68.3. The molecule has 1 aromatic rings. The molecule has 0 bridgehead atoms. The normalized spacial score (nSPS) is 13.4. The van der Waals surface area contributed by atoms with E-state index in [9.17, 15) is 27.6 Å². The van der Waals surface area contributed by atoms with E-state index in [2.05, 4.69) is 10.3 Å². The fourth-order valence-corrected chi connectivity index (χ4v) is 6.60. The van der Waals surface area contributed by atoms with Crippen molar-refractivity contribution in [3.63, 3.8) is 0 Å². The average molecular weight is 756 g/mol. The summed E-state index contributed by atoms with van der Waals surface area (Å²) in [6.45, 7) is 8.72. The molecule has 0 radical (unpaired) electrons. The third kappa shape index (κ3) is 19.7. The molecule has 0 saturated carbocycles. The van der Waals surface area contributed by atoms with E-state index in [-0.39, 0.29) is 60.9 Å². The number of sulfone groups is 1. The lowest BCUT2D eigenvalue weighted by Crippen LogP contribution is -2.32. The van der Waals surface area contributed by atoms with E-state index in [0.717, 1.165) is 11.3 Å². The quantitative estimate of drug-likeness (QED) is 0.0816. The molecule has 1 saturated heterocycles. The molecule has 286 valence electrons. The van der Waals surface area contributed by atoms with Crippen LogP contribution in [0.25, 0.3) is 0 Å². The smallest absolute Gasteiger partial charge is 0.335 e. The summed E-state index contributed by atoms with van der Waals surface area (Å²) in [5.74, 6) is -2.16. The van der Waals surface area contributed by atoms with E-state index in [1.807, 2.05) is 0 Å². The summed E-state index contributed by atoms with van der Waals surface area (Å²) in [5, 5.41) is 3.27. The van der Waals surface area contributed by atoms with Gasteiger partial charge in [0, 0.05) is 31.2 Å². The van der Waals surface area contributed by atoms with Gasteiger partial charge in [-0.1, -0.05) is 0 Å². The fraction of sp³-hybridized carbons (Fsp3) is 0.767. The monoisotopic (exact) mass is 755 g/mol. The van der Waals surface area contributed by atoms with Crippen molar-refractivity contribution >= 4 is 50.0 Å². The zero-order chi connectivity index (χ0) is 36.5. The number of aryl methyl sites for hydroxylation is 1. The Bertz CT molecular complexity index is 1250. The van der Waals surface area contributed by atoms with Gasteiger partial charge in [-0.05, 0) is 13.3 Å². The second-order valence-corrected chi connectivity index (χ2v) is 13.7. The molecular formula is C30H49N3O15S2. The maximum absolute atomic E-state index is 12.5. The molecule has 0 aromatic carbocycles. The molecule has 1 N–H and O–H groups in total. The number of carbonyl (C=O) groups excluding carboxylic acids is 4. The van der Waals surface area contributed by atoms with Crippen LogP contribution in [-0.4, -0.2) is 154 Å². The number of thiazole rings is 1. The Morgan fingerprint density at radius 3 is 1.52 bits per heavy atom. The van der Waals surface area contributed by atoms with Gasteiger partial charge >= 0.3 is 5.97 Å². The number of rotatable bonds is 31. The second kappa shape index (κ2) is 26.2. The Morgan fingerprint density at radius 1 is 0.700 bits per heavy atom. The number of carbonyl (C=O) groups is 4. The third-order valence-corrected chi connectivity index (χ3v) is 9.12. The lowest BCUT2D eigenvalue weighted by molar-refractivity contribution is -0.198. The number of imide groups is 1. The molecule has 0 aliphatic carbocycles. The molecule has 20 heteroatoms. The van der Waals surface area contributed by atoms with Crippen LogP contribution >= 0.6 is 11.3 Å². The zero-order valence-corrected chi connectivity index (χ0v) is 30.3. The lowest BCUT2D eigenvalue weighted by Gasteiger charge is -2.12. The highest BCUT2D eigenvalue weighted by Crippen LogP contribution is 2.26. The number of anilines is 1. The summed E-state index contributed by atoms with van der Waals surface area (Å²) in [6.07, 6.45) is 0.327. The molecule has 2 heterocycles. The van der Waals surface area contributed by atoms with Crippen molar-refractivity contribution in [3.8, 4) is 0 Å². The van der Waals surface area contributed by atoms with Crippen molar-refractivity contribution in [2.75, 3.05) is 117 Å². The number of hydrogen-bond donors (Lipinski definition) is 1. The van der Waals surface area contributed by atoms with Crippen LogP contribution in [-0.2, 0) is 71.7 Å². The van der Waals surface area contributed by atoms with Gasteiger partial charge in [-0.3, -0.25) is 14.4 Å². The first-order chi connectivity index (χ1) is 24.1. The Hall–Kier alpha value is -2.66. The minimum atomic E-state index is -3.57. The Morgan fingerprint density at radius 2 is 1.10 bits per heavy atom. The summed E-state index contributed by atoms with van der Waals surface area (Å²) in [5.41, 5.74) is 0. The van der Waals surface area contributed by atoms with E-state index >= 15 is 0 Å². The second-order valence-electron chi connectivity index (χ2n) is 10.4. The Balaban J connectivity index is 1.24. The molecule has 1 fully saturated rings. The average Bonchev–Trinajstić information content (AvgIpc) is 3.60. The van der Waals surface area contributed by atoms with Gasteiger partial charge in [-0.25, -0.2) is 18.2 Å². The molecule has 3 amide bonds. The number of hydroxylamine groups is 2. The molecule has 50 heavy (non-hydrogen) atoms. The van der Waals surface area contributed by atoms with Crippen LogP contribution < -0.4 is 5.32 Å². The van der Waals surface area contributed by atoms with Crippen molar-refractivity contribution in [2.24, 2.45) is 0 Å². The molecule has 1 aliphatic rings. The standard InChI is InChI=1S/C30H49N3O15S2/c1-24-29(32-30(49-24)31-25(2)34)50(38,39)23-3-7-40-9-11-42-13-15-44-17-19-46-21-22-47-20-18-45-16-14-43-12-10-41-8-6-28(37)48-33-26(35)4-5-27(33)36/h3-23H2,1-2H3,(H,31,32,34). The maximum Gasteiger partial charge on any atom is 0.335 e. The van der Waals surface area contributed by atoms with Crippen LogP contribution in [0.5, 0.6) is 0 Å². The van der Waals surface area contributed by atoms with Crippen molar-refractivity contribution < 1.29 is 70.3 Å². The number of nitrogens with one attached hydrogen (secondary N) is 1. The molecule has 18 nitrogen and oxygen atoms in total. The van der Waals surface area contributed by atoms with Gasteiger partial charge in [0.25, 0.3) is 11.8 Å². The van der Waals surface area contributed by atoms with Crippen molar-refractivity contribution in [1.29, 1.82) is 0 Å². The molecule has 0 spiro atoms. The molecule has 0 unspecified atom stereocenters. The first-order valence-corrected chi connectivity index (χ1v) is 18.7. The van der Waals surface area contributed by atoms with E-state index in [0.29, 0.717) is 102 Å². The van der Waals surface area contributed by atoms with Crippen LogP contribution in [0.1, 0.15) is 37.5 Å². The highest BCUT2D eigenvalue weighted by Gasteiger charge is 2.32. The first-order valence-electron chi connectivity index (χ1n) is 16.3. The van der Waals surface area contributed by atoms with Crippen molar-refractivity contribution in [1.82, 2.24) is 10.0 Å². The number of hydrogen-bond acceptors (Lipinski definition) is 17. The van der Waals surface area contributed by atoms with Crippen LogP contribution in [0.2, 0.25) is 0 Å². The first kappa shape index (κ1) is 43.5. The van der Waals surface area contributed by atoms with E-state index in [1.54, 1.807) is 6.92 Å². The Labute approximate surface area is 296 Å². The highest BCUT2D eigenvalue weighted by atomic mass is 32.2. The van der Waals surface area contributed by atoms with Crippen LogP contribution in [0, 0.1) is 6.92 Å². The molecular weight excluding hydrogens is 706 g/mol. The van der Waals surface area contributed by atoms with Crippen molar-refractivity contribution in [2.45, 2.75) is 44.6 Å². The van der Waals surface area contributed by atoms with Gasteiger partial charge < -0.3 is 48.0 Å². The number of nitrogens with zero attached hydrogens (tertiary/aromatic N) is 2. The SMILES string of the molecule is CC(=O)Nc1nc(S(=O)(=O)CCCOCCOCCOCCOCCOCCOCCOCCOCCC(=O)ON2C(=O)CCC2=O)c(C)s1. The minimum absolute atomic E-state index is 0.00590. The Kier molecular flexibility index (Phi) is 22.8. The van der Waals surface area contributed by atoms with Crippen molar-refractivity contribution in [3.05, 3.63) is 4.88 Å². The highest BCUT2D eigenvalue weighted by molar-refractivity contribution is 7.91. The largest absolute Gasteiger partial charge is 0.379 e. The maximum atomic E-state index is 12.5. The lowest BCUT2D eigenvalue weighted by atomic mass is 10.4. The summed E-state index contributed by atoms with van der Waals surface area (Å²) in [6, 6.07) is 0.